The monoisotopic (exact) mass is 230 g/mol. The molecule has 0 amide bonds. The second-order valence-corrected chi connectivity index (χ2v) is 5.23. The van der Waals surface area contributed by atoms with Gasteiger partial charge in [0.1, 0.15) is 0 Å². The van der Waals surface area contributed by atoms with Gasteiger partial charge in [0, 0.05) is 12.1 Å². The summed E-state index contributed by atoms with van der Waals surface area (Å²) in [5.74, 6) is 1.81. The van der Waals surface area contributed by atoms with E-state index in [2.05, 4.69) is 54.4 Å². The predicted molar refractivity (Wildman–Crippen MR) is 72.3 cm³/mol. The molecule has 0 radical (unpaired) electrons. The van der Waals surface area contributed by atoms with Gasteiger partial charge >= 0.3 is 0 Å². The zero-order valence-corrected chi connectivity index (χ0v) is 10.9. The molecule has 1 fully saturated rings. The van der Waals surface area contributed by atoms with Crippen LogP contribution >= 0.6 is 0 Å². The normalized spacial score (nSPS) is 25.2. The molecule has 92 valence electrons. The van der Waals surface area contributed by atoms with Gasteiger partial charge in [-0.05, 0) is 43.6 Å². The van der Waals surface area contributed by atoms with Crippen LogP contribution in [-0.4, -0.2) is 0 Å². The van der Waals surface area contributed by atoms with Gasteiger partial charge in [-0.1, -0.05) is 25.8 Å². The summed E-state index contributed by atoms with van der Waals surface area (Å²) in [4.78, 5) is 0. The van der Waals surface area contributed by atoms with Crippen molar-refractivity contribution in [2.75, 3.05) is 0 Å². The first-order chi connectivity index (χ1) is 8.38. The molecule has 0 aliphatic heterocycles. The standard InChI is InChI=1S/C16H24N/c1-2-6-15-7-9-16(10-8-15)11-14-17-12-4-3-5-13-17/h3-5,11-16H,2,6-10H2,1H3/q+1/b14-11+. The second kappa shape index (κ2) is 6.58. The molecular formula is C16H24N+. The van der Waals surface area contributed by atoms with E-state index in [-0.39, 0.29) is 0 Å². The van der Waals surface area contributed by atoms with Crippen LogP contribution in [0.3, 0.4) is 0 Å². The van der Waals surface area contributed by atoms with Crippen molar-refractivity contribution >= 4 is 6.20 Å². The highest BCUT2D eigenvalue weighted by molar-refractivity contribution is 5.09. The third kappa shape index (κ3) is 3.99. The fourth-order valence-electron chi connectivity index (χ4n) is 2.81. The SMILES string of the molecule is CCCC1CCC(/C=C/[n+]2ccccc2)CC1. The molecule has 1 heterocycles. The van der Waals surface area contributed by atoms with E-state index in [0.717, 1.165) is 11.8 Å². The van der Waals surface area contributed by atoms with Gasteiger partial charge in [0.2, 0.25) is 0 Å². The van der Waals surface area contributed by atoms with Gasteiger partial charge in [0.15, 0.2) is 18.6 Å². The van der Waals surface area contributed by atoms with E-state index in [9.17, 15) is 0 Å². The quantitative estimate of drug-likeness (QED) is 0.687. The Morgan fingerprint density at radius 3 is 2.41 bits per heavy atom. The van der Waals surface area contributed by atoms with E-state index < -0.39 is 0 Å². The number of hydrogen-bond acceptors (Lipinski definition) is 0. The molecule has 0 N–H and O–H groups in total. The minimum Gasteiger partial charge on any atom is -0.174 e. The molecule has 0 saturated heterocycles. The lowest BCUT2D eigenvalue weighted by Gasteiger charge is -2.25. The topological polar surface area (TPSA) is 3.88 Å². The maximum absolute atomic E-state index is 2.39. The second-order valence-electron chi connectivity index (χ2n) is 5.23. The average molecular weight is 230 g/mol. The summed E-state index contributed by atoms with van der Waals surface area (Å²) < 4.78 is 2.14. The Morgan fingerprint density at radius 1 is 1.06 bits per heavy atom. The highest BCUT2D eigenvalue weighted by atomic mass is 14.9. The van der Waals surface area contributed by atoms with Crippen molar-refractivity contribution in [2.24, 2.45) is 11.8 Å². The van der Waals surface area contributed by atoms with Crippen LogP contribution < -0.4 is 4.57 Å². The summed E-state index contributed by atoms with van der Waals surface area (Å²) in [6.07, 6.45) is 17.2. The number of allylic oxidation sites excluding steroid dienone is 1. The Balaban J connectivity index is 1.80. The molecule has 1 saturated carbocycles. The minimum atomic E-state index is 0.802. The minimum absolute atomic E-state index is 0.802. The van der Waals surface area contributed by atoms with E-state index in [0.29, 0.717) is 0 Å². The van der Waals surface area contributed by atoms with Crippen molar-refractivity contribution in [3.8, 4) is 0 Å². The molecule has 1 aromatic heterocycles. The van der Waals surface area contributed by atoms with Crippen molar-refractivity contribution in [3.05, 3.63) is 36.7 Å². The lowest BCUT2D eigenvalue weighted by Crippen LogP contribution is -2.24. The van der Waals surface area contributed by atoms with Crippen LogP contribution in [0.5, 0.6) is 0 Å². The summed E-state index contributed by atoms with van der Waals surface area (Å²) in [6, 6.07) is 6.20. The lowest BCUT2D eigenvalue weighted by atomic mass is 9.80. The third-order valence-electron chi connectivity index (χ3n) is 3.86. The number of nitrogens with zero attached hydrogens (tertiary/aromatic N) is 1. The van der Waals surface area contributed by atoms with Crippen LogP contribution in [0.4, 0.5) is 0 Å². The van der Waals surface area contributed by atoms with Gasteiger partial charge in [-0.25, -0.2) is 0 Å². The maximum Gasteiger partial charge on any atom is 0.174 e. The molecule has 17 heavy (non-hydrogen) atoms. The van der Waals surface area contributed by atoms with Gasteiger partial charge in [-0.15, -0.1) is 0 Å². The molecule has 1 nitrogen and oxygen atoms in total. The Morgan fingerprint density at radius 2 is 1.76 bits per heavy atom. The van der Waals surface area contributed by atoms with Crippen molar-refractivity contribution in [1.29, 1.82) is 0 Å². The third-order valence-corrected chi connectivity index (χ3v) is 3.86. The fourth-order valence-corrected chi connectivity index (χ4v) is 2.81. The Kier molecular flexibility index (Phi) is 4.78. The number of aromatic nitrogens is 1. The van der Waals surface area contributed by atoms with Crippen molar-refractivity contribution in [1.82, 2.24) is 0 Å². The molecule has 0 aromatic carbocycles. The first kappa shape index (κ1) is 12.3. The molecule has 2 rings (SSSR count). The fraction of sp³-hybridized carbons (Fsp3) is 0.562. The van der Waals surface area contributed by atoms with Gasteiger partial charge < -0.3 is 0 Å². The molecule has 1 aliphatic carbocycles. The van der Waals surface area contributed by atoms with Gasteiger partial charge in [-0.2, -0.15) is 4.57 Å². The van der Waals surface area contributed by atoms with Gasteiger partial charge in [0.05, 0.1) is 0 Å². The van der Waals surface area contributed by atoms with Crippen LogP contribution in [0.1, 0.15) is 45.4 Å². The summed E-state index contributed by atoms with van der Waals surface area (Å²) in [5, 5.41) is 0. The van der Waals surface area contributed by atoms with E-state index in [1.165, 1.54) is 38.5 Å². The molecule has 1 heteroatoms. The molecule has 1 aliphatic rings. The summed E-state index contributed by atoms with van der Waals surface area (Å²) in [6.45, 7) is 2.30. The van der Waals surface area contributed by atoms with Crippen molar-refractivity contribution in [3.63, 3.8) is 0 Å². The average Bonchev–Trinajstić information content (AvgIpc) is 2.40. The maximum atomic E-state index is 2.39. The number of hydrogen-bond donors (Lipinski definition) is 0. The summed E-state index contributed by atoms with van der Waals surface area (Å²) >= 11 is 0. The molecule has 1 aromatic rings. The molecule has 0 spiro atoms. The summed E-state index contributed by atoms with van der Waals surface area (Å²) in [5.41, 5.74) is 0. The van der Waals surface area contributed by atoms with Crippen LogP contribution in [0.15, 0.2) is 36.7 Å². The van der Waals surface area contributed by atoms with Crippen LogP contribution in [0, 0.1) is 11.8 Å². The first-order valence-corrected chi connectivity index (χ1v) is 7.02. The molecule has 0 bridgehead atoms. The predicted octanol–water partition coefficient (Wildman–Crippen LogP) is 4.05. The number of rotatable bonds is 4. The van der Waals surface area contributed by atoms with E-state index in [1.807, 2.05) is 0 Å². The van der Waals surface area contributed by atoms with Crippen molar-refractivity contribution < 1.29 is 4.57 Å². The lowest BCUT2D eigenvalue weighted by molar-refractivity contribution is -0.568. The Hall–Kier alpha value is -1.11. The van der Waals surface area contributed by atoms with Crippen LogP contribution in [0.2, 0.25) is 0 Å². The highest BCUT2D eigenvalue weighted by Crippen LogP contribution is 2.31. The zero-order valence-electron chi connectivity index (χ0n) is 10.9. The Bertz CT molecular complexity index is 334. The van der Waals surface area contributed by atoms with Gasteiger partial charge in [-0.3, -0.25) is 0 Å². The van der Waals surface area contributed by atoms with E-state index in [1.54, 1.807) is 0 Å². The van der Waals surface area contributed by atoms with Crippen LogP contribution in [0.25, 0.3) is 6.20 Å². The smallest absolute Gasteiger partial charge is 0.174 e. The summed E-state index contributed by atoms with van der Waals surface area (Å²) in [7, 11) is 0. The molecule has 0 atom stereocenters. The highest BCUT2D eigenvalue weighted by Gasteiger charge is 2.18. The van der Waals surface area contributed by atoms with Gasteiger partial charge in [0.25, 0.3) is 0 Å². The zero-order chi connectivity index (χ0) is 11.9. The first-order valence-electron chi connectivity index (χ1n) is 7.02. The molecule has 0 unspecified atom stereocenters. The largest absolute Gasteiger partial charge is 0.174 e. The molecular weight excluding hydrogens is 206 g/mol. The number of pyridine rings is 1. The van der Waals surface area contributed by atoms with Crippen LogP contribution in [-0.2, 0) is 0 Å². The van der Waals surface area contributed by atoms with Crippen molar-refractivity contribution in [2.45, 2.75) is 45.4 Å². The van der Waals surface area contributed by atoms with E-state index in [4.69, 9.17) is 0 Å². The Labute approximate surface area is 105 Å². The van der Waals surface area contributed by atoms with E-state index >= 15 is 0 Å².